The van der Waals surface area contributed by atoms with E-state index in [1.54, 1.807) is 25.7 Å². The van der Waals surface area contributed by atoms with Crippen LogP contribution < -0.4 is 10.6 Å². The lowest BCUT2D eigenvalue weighted by Crippen LogP contribution is -2.65. The minimum atomic E-state index is -1.12. The fourth-order valence-corrected chi connectivity index (χ4v) is 9.10. The van der Waals surface area contributed by atoms with Gasteiger partial charge in [0.05, 0.1) is 24.2 Å². The average Bonchev–Trinajstić information content (AvgIpc) is 3.79. The first-order valence-electron chi connectivity index (χ1n) is 18.5. The first-order chi connectivity index (χ1) is 24.1. The monoisotopic (exact) mass is 712 g/mol. The molecule has 3 saturated carbocycles. The molecule has 4 amide bonds. The van der Waals surface area contributed by atoms with Crippen molar-refractivity contribution in [1.29, 1.82) is 0 Å². The number of hydrogen-bond donors (Lipinski definition) is 2. The second-order valence-corrected chi connectivity index (χ2v) is 16.9. The second-order valence-electron chi connectivity index (χ2n) is 16.9. The maximum absolute atomic E-state index is 14.3. The summed E-state index contributed by atoms with van der Waals surface area (Å²) in [6, 6.07) is 5.67. The molecule has 0 unspecified atom stereocenters. The van der Waals surface area contributed by atoms with Crippen LogP contribution in [0.25, 0.3) is 0 Å². The van der Waals surface area contributed by atoms with Crippen LogP contribution in [0, 0.1) is 22.7 Å². The Labute approximate surface area is 300 Å². The highest BCUT2D eigenvalue weighted by Crippen LogP contribution is 2.65. The van der Waals surface area contributed by atoms with Crippen molar-refractivity contribution in [3.05, 3.63) is 35.4 Å². The number of halogens is 1. The summed E-state index contributed by atoms with van der Waals surface area (Å²) >= 11 is 0. The third-order valence-corrected chi connectivity index (χ3v) is 12.1. The van der Waals surface area contributed by atoms with Crippen LogP contribution in [-0.2, 0) is 41.5 Å². The van der Waals surface area contributed by atoms with Gasteiger partial charge in [0.1, 0.15) is 31.5 Å². The minimum Gasteiger partial charge on any atom is -0.447 e. The van der Waals surface area contributed by atoms with E-state index in [1.807, 2.05) is 31.2 Å². The Hall–Kier alpha value is -3.39. The van der Waals surface area contributed by atoms with Crippen LogP contribution in [0.5, 0.6) is 0 Å². The first-order valence-corrected chi connectivity index (χ1v) is 18.5. The fraction of sp³-hybridized carbons (Fsp3) is 0.730. The van der Waals surface area contributed by atoms with Gasteiger partial charge in [0.2, 0.25) is 11.8 Å². The summed E-state index contributed by atoms with van der Waals surface area (Å²) in [5.41, 5.74) is 0.992. The number of likely N-dealkylation sites (tertiary alicyclic amines) is 1. The summed E-state index contributed by atoms with van der Waals surface area (Å²) in [5.74, 6) is -0.490. The van der Waals surface area contributed by atoms with Crippen LogP contribution in [0.15, 0.2) is 24.3 Å². The summed E-state index contributed by atoms with van der Waals surface area (Å²) in [4.78, 5) is 57.6. The van der Waals surface area contributed by atoms with Crippen molar-refractivity contribution in [2.45, 2.75) is 129 Å². The fourth-order valence-electron chi connectivity index (χ4n) is 9.10. The van der Waals surface area contributed by atoms with Crippen molar-refractivity contribution in [2.75, 3.05) is 19.8 Å². The second kappa shape index (κ2) is 14.2. The van der Waals surface area contributed by atoms with Crippen molar-refractivity contribution >= 4 is 31.1 Å². The Balaban J connectivity index is 1.20. The number of carbonyl (C=O) groups excluding carboxylic acids is 4. The van der Waals surface area contributed by atoms with Crippen LogP contribution in [0.2, 0.25) is 0 Å². The van der Waals surface area contributed by atoms with E-state index < -0.39 is 79.5 Å². The molecule has 6 aliphatic rings. The molecule has 0 radical (unpaired) electrons. The Morgan fingerprint density at radius 3 is 2.35 bits per heavy atom. The standard InChI is InChI=1S/C37H54BFN4O8/c1-8-11-29(38-50-28-17-24-16-27(36(24,5)6)37(28,7)51-38)40-31(44)26-18-25(49-34(47)42-19-22-12-9-10-13-23(22)20-42)21-43(26)32(45)30(35(2,3)4)41-33(46)48-15-14-39/h9-10,12-13,24-30H,8,11,14-21H2,1-7H3,(H,40,44)(H,41,46)/t24-,25+,26-,27-,28+,29-,30+,37-/m0/s1. The van der Waals surface area contributed by atoms with Crippen LogP contribution >= 0.6 is 0 Å². The summed E-state index contributed by atoms with van der Waals surface area (Å²) in [7, 11) is -0.649. The minimum absolute atomic E-state index is 0.0512. The SMILES string of the molecule is CCC[C@H](NC(=O)[C@@H]1C[C@@H](OC(=O)N2Cc3ccccc3C2)CN1C(=O)[C@@H](NC(=O)OCCF)C(C)(C)C)B1O[C@@H]2C[C@@H]3C[C@@H](C3(C)C)[C@]2(C)O1. The van der Waals surface area contributed by atoms with Crippen LogP contribution in [0.1, 0.15) is 91.7 Å². The van der Waals surface area contributed by atoms with Gasteiger partial charge in [0.15, 0.2) is 0 Å². The van der Waals surface area contributed by atoms with Gasteiger partial charge in [-0.3, -0.25) is 14.5 Å². The quantitative estimate of drug-likeness (QED) is 0.332. The number of amides is 4. The lowest BCUT2D eigenvalue weighted by atomic mass is 9.43. The van der Waals surface area contributed by atoms with Crippen molar-refractivity contribution < 1.29 is 42.4 Å². The summed E-state index contributed by atoms with van der Waals surface area (Å²) in [6.07, 6.45) is 1.14. The summed E-state index contributed by atoms with van der Waals surface area (Å²) in [5, 5.41) is 5.75. The number of alkyl halides is 1. The molecule has 2 saturated heterocycles. The van der Waals surface area contributed by atoms with E-state index in [0.29, 0.717) is 31.3 Å². The van der Waals surface area contributed by atoms with Crippen molar-refractivity contribution in [2.24, 2.45) is 22.7 Å². The molecule has 12 nitrogen and oxygen atoms in total. The number of alkyl carbamates (subject to hydrolysis) is 1. The molecule has 3 aliphatic carbocycles. The molecule has 3 aliphatic heterocycles. The van der Waals surface area contributed by atoms with Crippen molar-refractivity contribution in [1.82, 2.24) is 20.4 Å². The van der Waals surface area contributed by atoms with E-state index in [2.05, 4.69) is 31.4 Å². The molecule has 5 fully saturated rings. The molecular formula is C37H54BFN4O8. The third-order valence-electron chi connectivity index (χ3n) is 12.1. The highest BCUT2D eigenvalue weighted by molar-refractivity contribution is 6.47. The largest absolute Gasteiger partial charge is 0.481 e. The predicted molar refractivity (Wildman–Crippen MR) is 187 cm³/mol. The Kier molecular flexibility index (Phi) is 10.4. The highest BCUT2D eigenvalue weighted by atomic mass is 19.1. The normalized spacial score (nSPS) is 30.1. The van der Waals surface area contributed by atoms with Gasteiger partial charge in [-0.25, -0.2) is 14.0 Å². The molecule has 0 aromatic heterocycles. The topological polar surface area (TPSA) is 136 Å². The number of rotatable bonds is 10. The lowest BCUT2D eigenvalue weighted by molar-refractivity contribution is -0.199. The smallest absolute Gasteiger partial charge is 0.447 e. The number of ether oxygens (including phenoxy) is 2. The zero-order chi connectivity index (χ0) is 36.9. The Morgan fingerprint density at radius 1 is 1.06 bits per heavy atom. The van der Waals surface area contributed by atoms with Gasteiger partial charge in [-0.05, 0) is 60.0 Å². The number of hydrogen-bond acceptors (Lipinski definition) is 8. The maximum atomic E-state index is 14.3. The van der Waals surface area contributed by atoms with Gasteiger partial charge >= 0.3 is 19.3 Å². The van der Waals surface area contributed by atoms with E-state index in [9.17, 15) is 23.6 Å². The molecule has 7 rings (SSSR count). The predicted octanol–water partition coefficient (Wildman–Crippen LogP) is 4.77. The zero-order valence-electron chi connectivity index (χ0n) is 31.0. The summed E-state index contributed by atoms with van der Waals surface area (Å²) in [6.45, 7) is 13.5. The van der Waals surface area contributed by atoms with Gasteiger partial charge in [0.25, 0.3) is 0 Å². The molecular weight excluding hydrogens is 658 g/mol. The lowest BCUT2D eigenvalue weighted by Gasteiger charge is -2.64. The number of nitrogens with zero attached hydrogens (tertiary/aromatic N) is 2. The number of carbonyl (C=O) groups is 4. The van der Waals surface area contributed by atoms with Gasteiger partial charge < -0.3 is 34.3 Å². The van der Waals surface area contributed by atoms with E-state index in [1.165, 1.54) is 4.90 Å². The molecule has 14 heteroatoms. The maximum Gasteiger partial charge on any atom is 0.481 e. The van der Waals surface area contributed by atoms with Crippen molar-refractivity contribution in [3.63, 3.8) is 0 Å². The Morgan fingerprint density at radius 2 is 1.75 bits per heavy atom. The van der Waals surface area contributed by atoms with Crippen LogP contribution in [0.3, 0.4) is 0 Å². The summed E-state index contributed by atoms with van der Waals surface area (Å²) < 4.78 is 36.9. The van der Waals surface area contributed by atoms with Gasteiger partial charge in [-0.15, -0.1) is 0 Å². The number of nitrogens with one attached hydrogen (secondary N) is 2. The molecule has 280 valence electrons. The molecule has 8 atom stereocenters. The van der Waals surface area contributed by atoms with E-state index in [0.717, 1.165) is 30.4 Å². The number of benzene rings is 1. The van der Waals surface area contributed by atoms with Crippen LogP contribution in [0.4, 0.5) is 14.0 Å². The molecule has 3 heterocycles. The Bertz CT molecular complexity index is 1480. The molecule has 1 aromatic carbocycles. The van der Waals surface area contributed by atoms with Gasteiger partial charge in [0, 0.05) is 19.5 Å². The average molecular weight is 713 g/mol. The van der Waals surface area contributed by atoms with Crippen LogP contribution in [-0.4, -0.2) is 96.6 Å². The van der Waals surface area contributed by atoms with Gasteiger partial charge in [-0.2, -0.15) is 0 Å². The molecule has 0 spiro atoms. The third kappa shape index (κ3) is 7.19. The van der Waals surface area contributed by atoms with Gasteiger partial charge in [-0.1, -0.05) is 72.2 Å². The first kappa shape index (κ1) is 37.4. The van der Waals surface area contributed by atoms with E-state index in [4.69, 9.17) is 18.8 Å². The van der Waals surface area contributed by atoms with E-state index >= 15 is 0 Å². The molecule has 51 heavy (non-hydrogen) atoms. The van der Waals surface area contributed by atoms with E-state index in [-0.39, 0.29) is 24.5 Å². The molecule has 1 aromatic rings. The number of fused-ring (bicyclic) bond motifs is 1. The zero-order valence-corrected chi connectivity index (χ0v) is 31.0. The molecule has 2 N–H and O–H groups in total. The van der Waals surface area contributed by atoms with Crippen molar-refractivity contribution in [3.8, 4) is 0 Å². The highest BCUT2D eigenvalue weighted by Gasteiger charge is 2.68. The molecule has 2 bridgehead atoms.